The number of nitrogens with zero attached hydrogens (tertiary/aromatic N) is 3. The van der Waals surface area contributed by atoms with Crippen LogP contribution in [0, 0.1) is 5.41 Å². The number of hydrogen-bond donors (Lipinski definition) is 1. The maximum Gasteiger partial charge on any atom is 0.283 e. The van der Waals surface area contributed by atoms with Gasteiger partial charge in [-0.1, -0.05) is 24.3 Å². The Morgan fingerprint density at radius 1 is 1.15 bits per heavy atom. The Labute approximate surface area is 202 Å². The lowest BCUT2D eigenvalue weighted by Crippen LogP contribution is -2.35. The van der Waals surface area contributed by atoms with E-state index in [0.29, 0.717) is 35.6 Å². The predicted molar refractivity (Wildman–Crippen MR) is 135 cm³/mol. The Bertz CT molecular complexity index is 1240. The number of amidine groups is 2. The number of hydrazone groups is 1. The second-order valence-electron chi connectivity index (χ2n) is 7.39. The van der Waals surface area contributed by atoms with Crippen molar-refractivity contribution < 1.29 is 19.0 Å². The first kappa shape index (κ1) is 23.3. The molecule has 0 saturated heterocycles. The summed E-state index contributed by atoms with van der Waals surface area (Å²) in [6.45, 7) is 6.21. The number of amides is 1. The van der Waals surface area contributed by atoms with E-state index in [2.05, 4.69) is 16.7 Å². The Balaban J connectivity index is 1.38. The second-order valence-corrected chi connectivity index (χ2v) is 8.55. The lowest BCUT2D eigenvalue weighted by Gasteiger charge is -2.20. The van der Waals surface area contributed by atoms with Crippen molar-refractivity contribution in [2.75, 3.05) is 20.3 Å². The summed E-state index contributed by atoms with van der Waals surface area (Å²) in [6.07, 6.45) is 4.22. The van der Waals surface area contributed by atoms with Crippen LogP contribution in [0.5, 0.6) is 17.2 Å². The van der Waals surface area contributed by atoms with Gasteiger partial charge in [-0.15, -0.1) is 6.58 Å². The molecule has 0 spiro atoms. The molecule has 0 fully saturated rings. The summed E-state index contributed by atoms with van der Waals surface area (Å²) in [5.74, 6) is 1.48. The minimum absolute atomic E-state index is 0.00660. The van der Waals surface area contributed by atoms with Crippen molar-refractivity contribution in [2.24, 2.45) is 10.1 Å². The topological polar surface area (TPSA) is 96.6 Å². The SMILES string of the molecule is C=CCc1ccc(OCCOc2cccc(/C=C3/C(=N)N4N=C(C)SC4=NC3=O)c2)c(OC)c1. The molecule has 1 N–H and O–H groups in total. The van der Waals surface area contributed by atoms with Crippen LogP contribution in [0.1, 0.15) is 18.1 Å². The van der Waals surface area contributed by atoms with Crippen molar-refractivity contribution in [2.45, 2.75) is 13.3 Å². The molecule has 2 heterocycles. The molecule has 0 aliphatic carbocycles. The molecule has 174 valence electrons. The Kier molecular flexibility index (Phi) is 7.12. The summed E-state index contributed by atoms with van der Waals surface area (Å²) in [5, 5.41) is 15.1. The number of nitrogens with one attached hydrogen (secondary N) is 1. The van der Waals surface area contributed by atoms with Gasteiger partial charge in [-0.2, -0.15) is 15.1 Å². The van der Waals surface area contributed by atoms with Crippen LogP contribution in [0.15, 0.2) is 70.8 Å². The average molecular weight is 477 g/mol. The number of carbonyl (C=O) groups is 1. The first-order chi connectivity index (χ1) is 16.5. The van der Waals surface area contributed by atoms with Gasteiger partial charge in [0.15, 0.2) is 17.3 Å². The van der Waals surface area contributed by atoms with E-state index >= 15 is 0 Å². The fraction of sp³-hybridized carbons (Fsp3) is 0.200. The van der Waals surface area contributed by atoms with Gasteiger partial charge in [0.2, 0.25) is 5.17 Å². The van der Waals surface area contributed by atoms with E-state index in [4.69, 9.17) is 19.6 Å². The molecule has 34 heavy (non-hydrogen) atoms. The van der Waals surface area contributed by atoms with Crippen LogP contribution in [-0.2, 0) is 11.2 Å². The molecule has 0 aromatic heterocycles. The maximum atomic E-state index is 12.4. The van der Waals surface area contributed by atoms with Crippen molar-refractivity contribution in [1.29, 1.82) is 5.41 Å². The molecule has 0 radical (unpaired) electrons. The van der Waals surface area contributed by atoms with E-state index in [1.807, 2.05) is 49.4 Å². The maximum absolute atomic E-state index is 12.4. The highest BCUT2D eigenvalue weighted by Gasteiger charge is 2.34. The lowest BCUT2D eigenvalue weighted by atomic mass is 10.1. The monoisotopic (exact) mass is 476 g/mol. The van der Waals surface area contributed by atoms with Gasteiger partial charge in [-0.25, -0.2) is 0 Å². The number of benzene rings is 2. The number of ether oxygens (including phenoxy) is 3. The van der Waals surface area contributed by atoms with Crippen LogP contribution in [-0.4, -0.2) is 47.3 Å². The molecule has 1 amide bonds. The fourth-order valence-electron chi connectivity index (χ4n) is 3.38. The van der Waals surface area contributed by atoms with Gasteiger partial charge in [0.1, 0.15) is 19.0 Å². The average Bonchev–Trinajstić information content (AvgIpc) is 3.20. The number of carbonyl (C=O) groups excluding carboxylic acids is 1. The van der Waals surface area contributed by atoms with Crippen LogP contribution in [0.4, 0.5) is 0 Å². The standard InChI is InChI=1S/C25H24N4O4S/c1-4-6-17-9-10-21(22(15-17)31-3)33-12-11-32-19-8-5-7-18(13-19)14-20-23(26)29-25(27-24(20)30)34-16(2)28-29/h4-5,7-10,13-15,26H,1,6,11-12H2,2-3H3/b20-14-,26-23?. The summed E-state index contributed by atoms with van der Waals surface area (Å²) >= 11 is 1.28. The third-order valence-electron chi connectivity index (χ3n) is 4.94. The molecule has 2 aromatic rings. The molecule has 0 saturated carbocycles. The molecular formula is C25H24N4O4S. The molecule has 2 aromatic carbocycles. The number of methoxy groups -OCH3 is 1. The summed E-state index contributed by atoms with van der Waals surface area (Å²) in [4.78, 5) is 16.5. The molecular weight excluding hydrogens is 452 g/mol. The van der Waals surface area contributed by atoms with Crippen LogP contribution in [0.3, 0.4) is 0 Å². The molecule has 8 nitrogen and oxygen atoms in total. The predicted octanol–water partition coefficient (Wildman–Crippen LogP) is 4.52. The van der Waals surface area contributed by atoms with Crippen LogP contribution < -0.4 is 14.2 Å². The number of allylic oxidation sites excluding steroid dienone is 1. The summed E-state index contributed by atoms with van der Waals surface area (Å²) in [6, 6.07) is 13.1. The molecule has 2 aliphatic heterocycles. The first-order valence-electron chi connectivity index (χ1n) is 10.6. The molecule has 9 heteroatoms. The zero-order valence-electron chi connectivity index (χ0n) is 18.9. The summed E-state index contributed by atoms with van der Waals surface area (Å²) in [5.41, 5.74) is 1.99. The minimum Gasteiger partial charge on any atom is -0.493 e. The number of hydrogen-bond acceptors (Lipinski definition) is 7. The molecule has 0 unspecified atom stereocenters. The van der Waals surface area contributed by atoms with Crippen molar-refractivity contribution >= 4 is 39.8 Å². The van der Waals surface area contributed by atoms with Gasteiger partial charge in [0, 0.05) is 0 Å². The smallest absolute Gasteiger partial charge is 0.283 e. The molecule has 2 aliphatic rings. The van der Waals surface area contributed by atoms with Crippen LogP contribution in [0.25, 0.3) is 6.08 Å². The van der Waals surface area contributed by atoms with Crippen LogP contribution in [0.2, 0.25) is 0 Å². The highest BCUT2D eigenvalue weighted by molar-refractivity contribution is 8.26. The molecule has 4 rings (SSSR count). The van der Waals surface area contributed by atoms with E-state index in [9.17, 15) is 4.79 Å². The molecule has 0 atom stereocenters. The van der Waals surface area contributed by atoms with E-state index in [1.54, 1.807) is 19.3 Å². The summed E-state index contributed by atoms with van der Waals surface area (Å²) < 4.78 is 17.0. The van der Waals surface area contributed by atoms with Gasteiger partial charge < -0.3 is 14.2 Å². The van der Waals surface area contributed by atoms with Gasteiger partial charge in [-0.3, -0.25) is 10.2 Å². The van der Waals surface area contributed by atoms with Crippen LogP contribution >= 0.6 is 11.8 Å². The van der Waals surface area contributed by atoms with Crippen molar-refractivity contribution in [3.8, 4) is 17.2 Å². The number of fused-ring (bicyclic) bond motifs is 1. The van der Waals surface area contributed by atoms with Crippen molar-refractivity contribution in [3.63, 3.8) is 0 Å². The first-order valence-corrected chi connectivity index (χ1v) is 11.4. The molecule has 0 bridgehead atoms. The van der Waals surface area contributed by atoms with E-state index in [-0.39, 0.29) is 11.4 Å². The van der Waals surface area contributed by atoms with Gasteiger partial charge in [-0.05, 0) is 66.6 Å². The normalized spacial score (nSPS) is 16.2. The van der Waals surface area contributed by atoms with Gasteiger partial charge >= 0.3 is 0 Å². The quantitative estimate of drug-likeness (QED) is 0.325. The Morgan fingerprint density at radius 3 is 2.76 bits per heavy atom. The van der Waals surface area contributed by atoms with Crippen molar-refractivity contribution in [3.05, 3.63) is 71.8 Å². The zero-order valence-corrected chi connectivity index (χ0v) is 19.7. The second kappa shape index (κ2) is 10.4. The highest BCUT2D eigenvalue weighted by atomic mass is 32.2. The third-order valence-corrected chi connectivity index (χ3v) is 5.77. The zero-order chi connectivity index (χ0) is 24.1. The number of thioether (sulfide) groups is 1. The Morgan fingerprint density at radius 2 is 1.97 bits per heavy atom. The Hall–Kier alpha value is -3.85. The third kappa shape index (κ3) is 5.20. The number of aliphatic imine (C=N–C) groups is 1. The summed E-state index contributed by atoms with van der Waals surface area (Å²) in [7, 11) is 1.61. The fourth-order valence-corrected chi connectivity index (χ4v) is 4.12. The number of rotatable bonds is 9. The van der Waals surface area contributed by atoms with Gasteiger partial charge in [0.25, 0.3) is 5.91 Å². The van der Waals surface area contributed by atoms with Crippen molar-refractivity contribution in [1.82, 2.24) is 5.01 Å². The highest BCUT2D eigenvalue weighted by Crippen LogP contribution is 2.29. The lowest BCUT2D eigenvalue weighted by molar-refractivity contribution is -0.114. The minimum atomic E-state index is -0.457. The van der Waals surface area contributed by atoms with E-state index in [0.717, 1.165) is 22.6 Å². The largest absolute Gasteiger partial charge is 0.493 e. The van der Waals surface area contributed by atoms with Gasteiger partial charge in [0.05, 0.1) is 17.7 Å². The van der Waals surface area contributed by atoms with E-state index in [1.165, 1.54) is 16.8 Å². The van der Waals surface area contributed by atoms with E-state index < -0.39 is 5.91 Å².